The zero-order valence-electron chi connectivity index (χ0n) is 28.2. The third kappa shape index (κ3) is 27.5. The number of methoxy groups -OCH3 is 1. The highest BCUT2D eigenvalue weighted by atomic mass is 16.5. The number of aldehydes is 1. The maximum Gasteiger partial charge on any atom is 0.293 e. The van der Waals surface area contributed by atoms with Crippen LogP contribution in [0.5, 0.6) is 0 Å². The maximum atomic E-state index is 10.2. The largest absolute Gasteiger partial charge is 0.460 e. The number of furan rings is 2. The average molecular weight is 633 g/mol. The number of aliphatic imine (C=N–C) groups is 4. The van der Waals surface area contributed by atoms with E-state index in [0.29, 0.717) is 63.6 Å². The monoisotopic (exact) mass is 632 g/mol. The molecule has 45 heavy (non-hydrogen) atoms. The summed E-state index contributed by atoms with van der Waals surface area (Å²) < 4.78 is 20.3. The van der Waals surface area contributed by atoms with Crippen LogP contribution < -0.4 is 11.5 Å². The third-order valence-electron chi connectivity index (χ3n) is 5.23. The number of nitrogens with two attached hydrogens (primary N) is 2. The van der Waals surface area contributed by atoms with Crippen molar-refractivity contribution < 1.29 is 27.9 Å². The number of carbonyl (C=O) groups excluding carboxylic acids is 2. The number of hydrogen-bond donors (Lipinski definition) is 2. The van der Waals surface area contributed by atoms with E-state index < -0.39 is 0 Å². The molecule has 0 saturated heterocycles. The van der Waals surface area contributed by atoms with Crippen LogP contribution in [0.3, 0.4) is 0 Å². The van der Waals surface area contributed by atoms with Crippen molar-refractivity contribution in [2.24, 2.45) is 31.4 Å². The molecule has 0 aliphatic rings. The van der Waals surface area contributed by atoms with Crippen LogP contribution in [0.2, 0.25) is 0 Å². The Balaban J connectivity index is 0. The first-order chi connectivity index (χ1) is 21.9. The molecule has 0 atom stereocenters. The smallest absolute Gasteiger partial charge is 0.293 e. The number of hydrogen-bond acceptors (Lipinski definition) is 12. The molecule has 2 heterocycles. The lowest BCUT2D eigenvalue weighted by Crippen LogP contribution is -2.04. The lowest BCUT2D eigenvalue weighted by molar-refractivity contribution is -0.130. The standard InChI is InChI=1S/C14H18N2O4.C10H16N2O2.C7H16N2.C2H6/c1-12(3-2-8-17)16-7-6-15-9-13-4-5-14(20-13)10-19-11-18;1-13-8-10-4-3-9(14-10)7-12-6-2-5-11;1-3-4-7(2)9-6-5-8;1-2/h4-5,8-9,11H,2-3,6-7,10H2,1H3;3-4,7H,2,5-6,8,11H2,1H3;3-6,8H2,1-2H3;1-2H3. The van der Waals surface area contributed by atoms with Crippen molar-refractivity contribution in [3.8, 4) is 0 Å². The fourth-order valence-corrected chi connectivity index (χ4v) is 3.17. The van der Waals surface area contributed by atoms with E-state index in [1.54, 1.807) is 31.7 Å². The first kappa shape index (κ1) is 43.4. The van der Waals surface area contributed by atoms with Gasteiger partial charge in [-0.15, -0.1) is 0 Å². The van der Waals surface area contributed by atoms with Crippen LogP contribution in [0, 0.1) is 0 Å². The molecular weight excluding hydrogens is 576 g/mol. The van der Waals surface area contributed by atoms with Crippen LogP contribution in [-0.4, -0.2) is 83.0 Å². The third-order valence-corrected chi connectivity index (χ3v) is 5.23. The Labute approximate surface area is 269 Å². The number of nitrogens with zero attached hydrogens (tertiary/aromatic N) is 4. The molecule has 0 spiro atoms. The lowest BCUT2D eigenvalue weighted by Gasteiger charge is -1.95. The molecule has 0 aliphatic heterocycles. The number of rotatable bonds is 20. The number of carbonyl (C=O) groups is 2. The Morgan fingerprint density at radius 2 is 1.38 bits per heavy atom. The van der Waals surface area contributed by atoms with E-state index in [1.807, 2.05) is 32.9 Å². The molecule has 0 bridgehead atoms. The van der Waals surface area contributed by atoms with Crippen LogP contribution in [0.4, 0.5) is 0 Å². The van der Waals surface area contributed by atoms with Gasteiger partial charge in [0.1, 0.15) is 42.5 Å². The second-order valence-electron chi connectivity index (χ2n) is 9.14. The van der Waals surface area contributed by atoms with Gasteiger partial charge in [-0.3, -0.25) is 24.8 Å². The summed E-state index contributed by atoms with van der Waals surface area (Å²) in [6.45, 7) is 15.1. The molecule has 0 unspecified atom stereocenters. The SMILES string of the molecule is CC.CC(CCC=O)=NCCN=Cc1ccc(COC=O)o1.CCCC(C)=NCCN.COCc1ccc(C=NCCCN)o1. The fourth-order valence-electron chi connectivity index (χ4n) is 3.17. The van der Waals surface area contributed by atoms with E-state index in [2.05, 4.69) is 38.6 Å². The van der Waals surface area contributed by atoms with Crippen LogP contribution in [0.25, 0.3) is 0 Å². The van der Waals surface area contributed by atoms with Crippen molar-refractivity contribution in [3.63, 3.8) is 0 Å². The molecule has 0 amide bonds. The predicted octanol–water partition coefficient (Wildman–Crippen LogP) is 5.24. The quantitative estimate of drug-likeness (QED) is 0.113. The summed E-state index contributed by atoms with van der Waals surface area (Å²) in [4.78, 5) is 37.1. The van der Waals surface area contributed by atoms with E-state index in [9.17, 15) is 9.59 Å². The van der Waals surface area contributed by atoms with Crippen molar-refractivity contribution in [3.05, 3.63) is 47.3 Å². The highest BCUT2D eigenvalue weighted by molar-refractivity contribution is 5.83. The van der Waals surface area contributed by atoms with Gasteiger partial charge in [-0.1, -0.05) is 27.2 Å². The second-order valence-corrected chi connectivity index (χ2v) is 9.14. The van der Waals surface area contributed by atoms with Gasteiger partial charge in [-0.25, -0.2) is 0 Å². The average Bonchev–Trinajstić information content (AvgIpc) is 3.71. The van der Waals surface area contributed by atoms with E-state index in [4.69, 9.17) is 25.0 Å². The van der Waals surface area contributed by atoms with Gasteiger partial charge in [-0.05, 0) is 63.9 Å². The topological polar surface area (TPSA) is 180 Å². The Hall–Kier alpha value is -3.74. The summed E-state index contributed by atoms with van der Waals surface area (Å²) in [5.74, 6) is 2.75. The van der Waals surface area contributed by atoms with Gasteiger partial charge < -0.3 is 34.6 Å². The Morgan fingerprint density at radius 1 is 0.800 bits per heavy atom. The van der Waals surface area contributed by atoms with Gasteiger partial charge in [0.05, 0.1) is 32.1 Å². The van der Waals surface area contributed by atoms with E-state index >= 15 is 0 Å². The second kappa shape index (κ2) is 33.2. The summed E-state index contributed by atoms with van der Waals surface area (Å²) in [5, 5.41) is 0. The van der Waals surface area contributed by atoms with Crippen LogP contribution in [0.1, 0.15) is 89.8 Å². The van der Waals surface area contributed by atoms with E-state index in [1.165, 1.54) is 12.1 Å². The van der Waals surface area contributed by atoms with Crippen molar-refractivity contribution in [2.75, 3.05) is 46.4 Å². The molecular formula is C33H56N6O6. The molecule has 0 aliphatic carbocycles. The molecule has 2 rings (SSSR count). The summed E-state index contributed by atoms with van der Waals surface area (Å²) in [6, 6.07) is 7.24. The van der Waals surface area contributed by atoms with Gasteiger partial charge in [-0.2, -0.15) is 0 Å². The molecule has 2 aromatic rings. The normalized spacial score (nSPS) is 11.3. The minimum absolute atomic E-state index is 0.123. The molecule has 12 heteroatoms. The van der Waals surface area contributed by atoms with Crippen molar-refractivity contribution in [2.45, 2.75) is 79.9 Å². The van der Waals surface area contributed by atoms with Gasteiger partial charge >= 0.3 is 0 Å². The maximum absolute atomic E-state index is 10.2. The summed E-state index contributed by atoms with van der Waals surface area (Å²) in [5.41, 5.74) is 12.8. The molecule has 0 radical (unpaired) electrons. The van der Waals surface area contributed by atoms with Crippen molar-refractivity contribution in [1.29, 1.82) is 0 Å². The Bertz CT molecular complexity index is 1090. The van der Waals surface area contributed by atoms with E-state index in [0.717, 1.165) is 49.4 Å². The Morgan fingerprint density at radius 3 is 1.91 bits per heavy atom. The van der Waals surface area contributed by atoms with Crippen LogP contribution in [-0.2, 0) is 32.3 Å². The van der Waals surface area contributed by atoms with Crippen LogP contribution in [0.15, 0.2) is 53.1 Å². The first-order valence-electron chi connectivity index (χ1n) is 15.5. The zero-order chi connectivity index (χ0) is 34.0. The highest BCUT2D eigenvalue weighted by Crippen LogP contribution is 2.07. The number of ether oxygens (including phenoxy) is 2. The minimum Gasteiger partial charge on any atom is -0.460 e. The molecule has 0 fully saturated rings. The molecule has 12 nitrogen and oxygen atoms in total. The summed E-state index contributed by atoms with van der Waals surface area (Å²) in [6.07, 6.45) is 8.62. The molecule has 0 saturated carbocycles. The molecule has 254 valence electrons. The highest BCUT2D eigenvalue weighted by Gasteiger charge is 2.00. The predicted molar refractivity (Wildman–Crippen MR) is 184 cm³/mol. The van der Waals surface area contributed by atoms with Crippen molar-refractivity contribution >= 4 is 36.6 Å². The first-order valence-corrected chi connectivity index (χ1v) is 15.5. The molecule has 2 aromatic heterocycles. The van der Waals surface area contributed by atoms with Gasteiger partial charge in [0.25, 0.3) is 6.47 Å². The van der Waals surface area contributed by atoms with Gasteiger partial charge in [0.2, 0.25) is 0 Å². The summed E-state index contributed by atoms with van der Waals surface area (Å²) in [7, 11) is 1.64. The lowest BCUT2D eigenvalue weighted by atomic mass is 10.2. The van der Waals surface area contributed by atoms with Gasteiger partial charge in [0.15, 0.2) is 0 Å². The zero-order valence-corrected chi connectivity index (χ0v) is 28.2. The molecule has 0 aromatic carbocycles. The van der Waals surface area contributed by atoms with Crippen molar-refractivity contribution in [1.82, 2.24) is 0 Å². The van der Waals surface area contributed by atoms with E-state index in [-0.39, 0.29) is 6.61 Å². The fraction of sp³-hybridized carbons (Fsp3) is 0.576. The summed E-state index contributed by atoms with van der Waals surface area (Å²) >= 11 is 0. The molecule has 4 N–H and O–H groups in total. The Kier molecular flexibility index (Phi) is 32.0. The van der Waals surface area contributed by atoms with Gasteiger partial charge in [0, 0.05) is 38.0 Å². The minimum atomic E-state index is 0.123. The van der Waals surface area contributed by atoms with Crippen LogP contribution >= 0.6 is 0 Å².